The maximum Gasteiger partial charge on any atom is 0.490 e. The number of hydrogen-bond acceptors (Lipinski definition) is 12. The summed E-state index contributed by atoms with van der Waals surface area (Å²) in [5, 5.41) is 21.4. The van der Waals surface area contributed by atoms with E-state index < -0.39 is 53.6 Å². The average molecular weight is 519 g/mol. The van der Waals surface area contributed by atoms with Gasteiger partial charge in [0.25, 0.3) is 0 Å². The highest BCUT2D eigenvalue weighted by Crippen LogP contribution is 2.66. The van der Waals surface area contributed by atoms with Crippen molar-refractivity contribution in [3.63, 3.8) is 0 Å². The van der Waals surface area contributed by atoms with Crippen LogP contribution in [0.15, 0.2) is 29.7 Å². The van der Waals surface area contributed by atoms with Crippen LogP contribution >= 0.6 is 23.5 Å². The third kappa shape index (κ3) is 5.93. The molecule has 0 aliphatic carbocycles. The molecule has 16 nitrogen and oxygen atoms in total. The molecular formula is C13H20N3O13P3. The van der Waals surface area contributed by atoms with Gasteiger partial charge in [-0.15, -0.1) is 6.42 Å². The predicted octanol–water partition coefficient (Wildman–Crippen LogP) is -1.17. The number of aliphatic imine (C=N–C) groups is 1. The molecule has 3 unspecified atom stereocenters. The fraction of sp³-hybridized carbons (Fsp3) is 0.462. The van der Waals surface area contributed by atoms with E-state index in [1.807, 2.05) is 5.92 Å². The summed E-state index contributed by atoms with van der Waals surface area (Å²) in [5.74, 6) is 2.00. The van der Waals surface area contributed by atoms with E-state index in [1.165, 1.54) is 12.3 Å². The summed E-state index contributed by atoms with van der Waals surface area (Å²) < 4.78 is 51.3. The van der Waals surface area contributed by atoms with E-state index in [9.17, 15) is 33.7 Å². The van der Waals surface area contributed by atoms with Gasteiger partial charge in [-0.05, 0) is 13.0 Å². The fourth-order valence-electron chi connectivity index (χ4n) is 2.76. The molecule has 0 aromatic carbocycles. The summed E-state index contributed by atoms with van der Waals surface area (Å²) in [4.78, 5) is 40.9. The maximum atomic E-state index is 12.0. The van der Waals surface area contributed by atoms with Crippen LogP contribution in [0, 0.1) is 12.3 Å². The minimum absolute atomic E-state index is 0.0342. The van der Waals surface area contributed by atoms with E-state index in [2.05, 4.69) is 24.7 Å². The number of ether oxygens (including phenoxy) is 1. The van der Waals surface area contributed by atoms with Crippen LogP contribution in [-0.4, -0.2) is 70.7 Å². The van der Waals surface area contributed by atoms with Crippen LogP contribution in [0.3, 0.4) is 0 Å². The number of hydrogen-bond donors (Lipinski definition) is 7. The second-order valence-corrected chi connectivity index (χ2v) is 11.1. The lowest BCUT2D eigenvalue weighted by atomic mass is 9.88. The van der Waals surface area contributed by atoms with Gasteiger partial charge in [-0.25, -0.2) is 18.7 Å². The van der Waals surface area contributed by atoms with E-state index in [0.29, 0.717) is 0 Å². The number of aliphatic hydroxyl groups excluding tert-OH is 1. The summed E-state index contributed by atoms with van der Waals surface area (Å²) >= 11 is 0. The second kappa shape index (κ2) is 8.75. The smallest absolute Gasteiger partial charge is 0.386 e. The van der Waals surface area contributed by atoms with Crippen molar-refractivity contribution in [1.29, 1.82) is 0 Å². The van der Waals surface area contributed by atoms with E-state index in [1.54, 1.807) is 0 Å². The average Bonchev–Trinajstić information content (AvgIpc) is 2.80. The molecule has 6 atom stereocenters. The van der Waals surface area contributed by atoms with Crippen molar-refractivity contribution in [2.45, 2.75) is 30.5 Å². The number of terminal acetylenes is 1. The number of nitrogens with two attached hydrogens (primary N) is 1. The Morgan fingerprint density at radius 1 is 1.31 bits per heavy atom. The van der Waals surface area contributed by atoms with Gasteiger partial charge in [-0.3, -0.25) is 4.52 Å². The minimum atomic E-state index is -5.76. The van der Waals surface area contributed by atoms with Crippen LogP contribution in [0.4, 0.5) is 0 Å². The van der Waals surface area contributed by atoms with Gasteiger partial charge in [0.05, 0.1) is 6.61 Å². The van der Waals surface area contributed by atoms with E-state index >= 15 is 0 Å². The number of phosphoric acid groups is 3. The molecule has 8 N–H and O–H groups in total. The number of aliphatic hydroxyl groups is 2. The lowest BCUT2D eigenvalue weighted by Crippen LogP contribution is -2.54. The number of nitrogens with zero attached hydrogens (tertiary/aromatic N) is 2. The molecule has 180 valence electrons. The standard InChI is InChI=1S/C13H20N3O13P3/c1-4-13(18)10(17)12(3,27-11(13)16-6-5-9(14)15-8(16)2)7-26-31(22,23)29-32(24,25)28-30(19,20)21/h1,5-6,10-11,17-18H,2,7H2,3H3,(H2,14,15)(H,22,23)(H,24,25)(H2,19,20,21)/t10-,11+,12+,13?/m0/s1. The molecule has 0 aromatic rings. The van der Waals surface area contributed by atoms with Gasteiger partial charge in [-0.2, -0.15) is 8.62 Å². The van der Waals surface area contributed by atoms with Crippen LogP contribution < -0.4 is 5.73 Å². The minimum Gasteiger partial charge on any atom is -0.386 e. The van der Waals surface area contributed by atoms with E-state index in [0.717, 1.165) is 11.8 Å². The summed E-state index contributed by atoms with van der Waals surface area (Å²) in [5.41, 5.74) is 1.07. The molecule has 0 spiro atoms. The largest absolute Gasteiger partial charge is 0.490 e. The van der Waals surface area contributed by atoms with Crippen LogP contribution in [0.25, 0.3) is 0 Å². The highest BCUT2D eigenvalue weighted by molar-refractivity contribution is 7.66. The monoisotopic (exact) mass is 519 g/mol. The van der Waals surface area contributed by atoms with Crippen molar-refractivity contribution in [3.8, 4) is 12.3 Å². The first-order chi connectivity index (χ1) is 14.3. The first kappa shape index (κ1) is 26.8. The van der Waals surface area contributed by atoms with Crippen molar-refractivity contribution in [3.05, 3.63) is 24.7 Å². The Morgan fingerprint density at radius 3 is 2.41 bits per heavy atom. The van der Waals surface area contributed by atoms with Gasteiger partial charge in [0.2, 0.25) is 0 Å². The Hall–Kier alpha value is -1.40. The highest BCUT2D eigenvalue weighted by Gasteiger charge is 2.63. The molecule has 32 heavy (non-hydrogen) atoms. The molecule has 0 bridgehead atoms. The van der Waals surface area contributed by atoms with Crippen molar-refractivity contribution in [2.75, 3.05) is 6.61 Å². The highest BCUT2D eigenvalue weighted by atomic mass is 31.3. The molecule has 2 aliphatic heterocycles. The Bertz CT molecular complexity index is 1030. The number of rotatable bonds is 8. The number of phosphoric ester groups is 1. The van der Waals surface area contributed by atoms with Gasteiger partial charge in [-0.1, -0.05) is 12.5 Å². The van der Waals surface area contributed by atoms with Crippen molar-refractivity contribution < 1.29 is 61.4 Å². The zero-order valence-electron chi connectivity index (χ0n) is 16.2. The second-order valence-electron chi connectivity index (χ2n) is 6.70. The third-order valence-electron chi connectivity index (χ3n) is 4.13. The Morgan fingerprint density at radius 2 is 1.91 bits per heavy atom. The third-order valence-corrected chi connectivity index (χ3v) is 7.91. The van der Waals surface area contributed by atoms with Crippen LogP contribution in [0.2, 0.25) is 0 Å². The predicted molar refractivity (Wildman–Crippen MR) is 105 cm³/mol. The molecule has 2 aliphatic rings. The lowest BCUT2D eigenvalue weighted by molar-refractivity contribution is -0.125. The number of amidine groups is 1. The molecule has 0 radical (unpaired) electrons. The lowest BCUT2D eigenvalue weighted by Gasteiger charge is -2.34. The van der Waals surface area contributed by atoms with Crippen LogP contribution in [0.1, 0.15) is 6.92 Å². The van der Waals surface area contributed by atoms with Gasteiger partial charge in [0.1, 0.15) is 23.4 Å². The normalized spacial score (nSPS) is 34.5. The molecule has 0 saturated carbocycles. The Kier molecular flexibility index (Phi) is 7.34. The summed E-state index contributed by atoms with van der Waals surface area (Å²) in [6.07, 6.45) is 4.45. The van der Waals surface area contributed by atoms with Gasteiger partial charge < -0.3 is 45.2 Å². The molecule has 0 aromatic heterocycles. The summed E-state index contributed by atoms with van der Waals surface area (Å²) in [6.45, 7) is 3.65. The molecule has 1 fully saturated rings. The topological polar surface area (TPSA) is 251 Å². The van der Waals surface area contributed by atoms with Crippen molar-refractivity contribution in [1.82, 2.24) is 4.90 Å². The zero-order chi connectivity index (χ0) is 24.8. The van der Waals surface area contributed by atoms with Crippen LogP contribution in [-0.2, 0) is 31.6 Å². The molecule has 19 heteroatoms. The van der Waals surface area contributed by atoms with Gasteiger partial charge >= 0.3 is 23.5 Å². The molecule has 0 amide bonds. The van der Waals surface area contributed by atoms with E-state index in [-0.39, 0.29) is 11.7 Å². The fourth-order valence-corrected chi connectivity index (χ4v) is 5.87. The maximum absolute atomic E-state index is 12.0. The van der Waals surface area contributed by atoms with Crippen molar-refractivity contribution >= 4 is 29.3 Å². The first-order valence-electron chi connectivity index (χ1n) is 8.18. The Labute approximate surface area is 181 Å². The van der Waals surface area contributed by atoms with Gasteiger partial charge in [0.15, 0.2) is 11.8 Å². The van der Waals surface area contributed by atoms with Gasteiger partial charge in [0, 0.05) is 6.20 Å². The first-order valence-corrected chi connectivity index (χ1v) is 12.7. The molecule has 2 heterocycles. The van der Waals surface area contributed by atoms with E-state index in [4.69, 9.17) is 26.7 Å². The molecule has 1 saturated heterocycles. The summed E-state index contributed by atoms with van der Waals surface area (Å²) in [7, 11) is -16.9. The zero-order valence-corrected chi connectivity index (χ0v) is 18.8. The summed E-state index contributed by atoms with van der Waals surface area (Å²) in [6, 6.07) is 0. The Balaban J connectivity index is 2.21. The quantitative estimate of drug-likeness (QED) is 0.147. The van der Waals surface area contributed by atoms with Crippen LogP contribution in [0.5, 0.6) is 0 Å². The molecular weight excluding hydrogens is 499 g/mol. The van der Waals surface area contributed by atoms with Crippen molar-refractivity contribution in [2.24, 2.45) is 10.7 Å². The molecule has 2 rings (SSSR count). The SMILES string of the molecule is C#CC1(O)[C@@H](O)[C@@](C)(COP(=O)(O)OP(=O)(O)OP(=O)(O)O)O[C@H]1N1C=CC(N)=NC1=C.